The van der Waals surface area contributed by atoms with Crippen molar-refractivity contribution in [2.45, 2.75) is 58.3 Å². The minimum Gasteiger partial charge on any atom is -0.393 e. The summed E-state index contributed by atoms with van der Waals surface area (Å²) in [5.41, 5.74) is 0. The first kappa shape index (κ1) is 14.9. The maximum Gasteiger partial charge on any atom is 0.152 e. The number of hydrogen-bond acceptors (Lipinski definition) is 3. The van der Waals surface area contributed by atoms with Crippen LogP contribution in [0.4, 0.5) is 0 Å². The third-order valence-corrected chi connectivity index (χ3v) is 4.72. The van der Waals surface area contributed by atoms with E-state index in [0.29, 0.717) is 18.8 Å². The summed E-state index contributed by atoms with van der Waals surface area (Å²) in [7, 11) is -2.93. The maximum atomic E-state index is 11.5. The molecule has 15 heavy (non-hydrogen) atoms. The topological polar surface area (TPSA) is 54.4 Å². The molecule has 1 unspecified atom stereocenters. The second-order valence-electron chi connectivity index (χ2n) is 4.84. The zero-order chi connectivity index (χ0) is 12.1. The molecule has 1 N–H and O–H groups in total. The fourth-order valence-corrected chi connectivity index (χ4v) is 2.46. The van der Waals surface area contributed by atoms with Gasteiger partial charge in [-0.3, -0.25) is 0 Å². The van der Waals surface area contributed by atoms with E-state index in [2.05, 4.69) is 0 Å². The highest BCUT2D eigenvalue weighted by molar-refractivity contribution is 7.91. The van der Waals surface area contributed by atoms with E-state index >= 15 is 0 Å². The molecule has 0 aromatic rings. The van der Waals surface area contributed by atoms with Crippen molar-refractivity contribution in [1.29, 1.82) is 0 Å². The number of aliphatic hydroxyl groups is 1. The lowest BCUT2D eigenvalue weighted by molar-refractivity contribution is 0.139. The van der Waals surface area contributed by atoms with Crippen LogP contribution in [0.15, 0.2) is 0 Å². The molecule has 0 bridgehead atoms. The molecule has 0 rings (SSSR count). The molecule has 4 heteroatoms. The molecule has 0 radical (unpaired) electrons. The molecule has 0 amide bonds. The van der Waals surface area contributed by atoms with Gasteiger partial charge < -0.3 is 5.11 Å². The smallest absolute Gasteiger partial charge is 0.152 e. The lowest BCUT2D eigenvalue weighted by Crippen LogP contribution is -2.19. The van der Waals surface area contributed by atoms with Crippen LogP contribution >= 0.6 is 0 Å². The van der Waals surface area contributed by atoms with Gasteiger partial charge >= 0.3 is 0 Å². The molecule has 0 heterocycles. The summed E-state index contributed by atoms with van der Waals surface area (Å²) in [6.07, 6.45) is 1.55. The molecule has 0 aliphatic carbocycles. The Balaban J connectivity index is 3.80. The van der Waals surface area contributed by atoms with Crippen LogP contribution in [0.2, 0.25) is 0 Å². The zero-order valence-corrected chi connectivity index (χ0v) is 11.0. The SMILES string of the molecule is CC(C)CC(O)CCCS(=O)(=O)C(C)C. The predicted octanol–water partition coefficient (Wildman–Crippen LogP) is 2.00. The third kappa shape index (κ3) is 6.90. The molecule has 0 fully saturated rings. The molecule has 0 saturated carbocycles. The molecule has 0 saturated heterocycles. The first-order valence-electron chi connectivity index (χ1n) is 5.65. The first-order valence-corrected chi connectivity index (χ1v) is 7.37. The summed E-state index contributed by atoms with van der Waals surface area (Å²) in [5.74, 6) is 0.654. The Labute approximate surface area is 93.8 Å². The second-order valence-corrected chi connectivity index (χ2v) is 7.52. The Morgan fingerprint density at radius 2 is 1.67 bits per heavy atom. The quantitative estimate of drug-likeness (QED) is 0.735. The van der Waals surface area contributed by atoms with E-state index in [9.17, 15) is 13.5 Å². The van der Waals surface area contributed by atoms with Crippen molar-refractivity contribution in [3.63, 3.8) is 0 Å². The molecule has 0 aromatic heterocycles. The monoisotopic (exact) mass is 236 g/mol. The first-order chi connectivity index (χ1) is 6.75. The molecule has 0 spiro atoms. The van der Waals surface area contributed by atoms with E-state index < -0.39 is 9.84 Å². The normalized spacial score (nSPS) is 14.9. The maximum absolute atomic E-state index is 11.5. The Morgan fingerprint density at radius 1 is 1.13 bits per heavy atom. The Bertz CT molecular complexity index is 255. The van der Waals surface area contributed by atoms with Gasteiger partial charge in [0.1, 0.15) is 0 Å². The summed E-state index contributed by atoms with van der Waals surface area (Å²) in [6.45, 7) is 7.49. The highest BCUT2D eigenvalue weighted by atomic mass is 32.2. The summed E-state index contributed by atoms with van der Waals surface area (Å²) in [5, 5.41) is 9.25. The van der Waals surface area contributed by atoms with E-state index in [0.717, 1.165) is 6.42 Å². The number of rotatable bonds is 7. The van der Waals surface area contributed by atoms with Crippen molar-refractivity contribution in [1.82, 2.24) is 0 Å². The van der Waals surface area contributed by atoms with Crippen LogP contribution < -0.4 is 0 Å². The molecule has 92 valence electrons. The van der Waals surface area contributed by atoms with Gasteiger partial charge in [-0.25, -0.2) is 8.42 Å². The molecular formula is C11H24O3S. The van der Waals surface area contributed by atoms with Crippen LogP contribution in [-0.4, -0.2) is 30.6 Å². The van der Waals surface area contributed by atoms with E-state index in [1.807, 2.05) is 13.8 Å². The van der Waals surface area contributed by atoms with Gasteiger partial charge in [0.05, 0.1) is 17.1 Å². The summed E-state index contributed by atoms with van der Waals surface area (Å²) in [4.78, 5) is 0. The lowest BCUT2D eigenvalue weighted by Gasteiger charge is -2.13. The molecule has 0 aliphatic heterocycles. The average Bonchev–Trinajstić information content (AvgIpc) is 2.01. The van der Waals surface area contributed by atoms with Crippen LogP contribution in [0.5, 0.6) is 0 Å². The highest BCUT2D eigenvalue weighted by Crippen LogP contribution is 2.11. The van der Waals surface area contributed by atoms with E-state index in [4.69, 9.17) is 0 Å². The van der Waals surface area contributed by atoms with Crippen LogP contribution in [0.3, 0.4) is 0 Å². The van der Waals surface area contributed by atoms with Crippen molar-refractivity contribution in [2.24, 2.45) is 5.92 Å². The molecule has 0 aromatic carbocycles. The van der Waals surface area contributed by atoms with E-state index in [-0.39, 0.29) is 17.1 Å². The summed E-state index contributed by atoms with van der Waals surface area (Å²) >= 11 is 0. The van der Waals surface area contributed by atoms with Gasteiger partial charge in [-0.05, 0) is 39.0 Å². The predicted molar refractivity (Wildman–Crippen MR) is 63.6 cm³/mol. The molecule has 1 atom stereocenters. The Morgan fingerprint density at radius 3 is 2.07 bits per heavy atom. The van der Waals surface area contributed by atoms with Crippen LogP contribution in [0, 0.1) is 5.92 Å². The van der Waals surface area contributed by atoms with Gasteiger partial charge in [0.25, 0.3) is 0 Å². The Kier molecular flexibility index (Phi) is 6.44. The molecular weight excluding hydrogens is 212 g/mol. The fourth-order valence-electron chi connectivity index (χ4n) is 1.42. The Hall–Kier alpha value is -0.0900. The lowest BCUT2D eigenvalue weighted by atomic mass is 10.0. The van der Waals surface area contributed by atoms with Crippen molar-refractivity contribution >= 4 is 9.84 Å². The molecule has 0 aliphatic rings. The van der Waals surface area contributed by atoms with Crippen molar-refractivity contribution in [3.8, 4) is 0 Å². The number of hydrogen-bond donors (Lipinski definition) is 1. The summed E-state index contributed by atoms with van der Waals surface area (Å²) in [6, 6.07) is 0. The largest absolute Gasteiger partial charge is 0.393 e. The van der Waals surface area contributed by atoms with E-state index in [1.54, 1.807) is 13.8 Å². The summed E-state index contributed by atoms with van der Waals surface area (Å²) < 4.78 is 22.9. The zero-order valence-electron chi connectivity index (χ0n) is 10.2. The third-order valence-electron chi connectivity index (χ3n) is 2.43. The standard InChI is InChI=1S/C11H24O3S/c1-9(2)8-11(12)6-5-7-15(13,14)10(3)4/h9-12H,5-8H2,1-4H3. The van der Waals surface area contributed by atoms with Crippen molar-refractivity contribution in [3.05, 3.63) is 0 Å². The fraction of sp³-hybridized carbons (Fsp3) is 1.00. The van der Waals surface area contributed by atoms with Crippen LogP contribution in [-0.2, 0) is 9.84 Å². The minimum atomic E-state index is -2.93. The highest BCUT2D eigenvalue weighted by Gasteiger charge is 2.16. The van der Waals surface area contributed by atoms with Gasteiger partial charge in [0, 0.05) is 0 Å². The van der Waals surface area contributed by atoms with Gasteiger partial charge in [-0.2, -0.15) is 0 Å². The second kappa shape index (κ2) is 6.48. The van der Waals surface area contributed by atoms with Gasteiger partial charge in [-0.15, -0.1) is 0 Å². The van der Waals surface area contributed by atoms with E-state index in [1.165, 1.54) is 0 Å². The minimum absolute atomic E-state index is 0.194. The van der Waals surface area contributed by atoms with Gasteiger partial charge in [-0.1, -0.05) is 13.8 Å². The van der Waals surface area contributed by atoms with Crippen molar-refractivity contribution in [2.75, 3.05) is 5.75 Å². The van der Waals surface area contributed by atoms with Crippen molar-refractivity contribution < 1.29 is 13.5 Å². The average molecular weight is 236 g/mol. The van der Waals surface area contributed by atoms with Crippen LogP contribution in [0.1, 0.15) is 47.0 Å². The number of sulfone groups is 1. The number of aliphatic hydroxyl groups excluding tert-OH is 1. The van der Waals surface area contributed by atoms with Gasteiger partial charge in [0.2, 0.25) is 0 Å². The van der Waals surface area contributed by atoms with Gasteiger partial charge in [0.15, 0.2) is 9.84 Å². The van der Waals surface area contributed by atoms with Crippen LogP contribution in [0.25, 0.3) is 0 Å². The molecule has 3 nitrogen and oxygen atoms in total.